The molecule has 0 aliphatic rings. The molecule has 0 saturated carbocycles. The number of carboxylic acids is 1. The van der Waals surface area contributed by atoms with Gasteiger partial charge in [0.15, 0.2) is 0 Å². The topological polar surface area (TPSA) is 78.4 Å². The van der Waals surface area contributed by atoms with Crippen LogP contribution >= 0.6 is 0 Å². The molecule has 0 heterocycles. The molecule has 8 heteroatoms. The van der Waals surface area contributed by atoms with Crippen LogP contribution < -0.4 is 10.6 Å². The average molecular weight is 290 g/mol. The van der Waals surface area contributed by atoms with Gasteiger partial charge in [-0.3, -0.25) is 4.79 Å². The molecule has 0 aliphatic heterocycles. The summed E-state index contributed by atoms with van der Waals surface area (Å²) in [7, 11) is 0. The number of rotatable bonds is 5. The smallest absolute Gasteiger partial charge is 0.405 e. The molecule has 0 radical (unpaired) electrons. The highest BCUT2D eigenvalue weighted by atomic mass is 19.4. The lowest BCUT2D eigenvalue weighted by atomic mass is 10.1. The van der Waals surface area contributed by atoms with E-state index < -0.39 is 24.7 Å². The number of halogens is 3. The molecular formula is C12H13F3N2O3. The van der Waals surface area contributed by atoms with Gasteiger partial charge in [-0.05, 0) is 24.1 Å². The van der Waals surface area contributed by atoms with Gasteiger partial charge in [0.2, 0.25) is 0 Å². The zero-order valence-electron chi connectivity index (χ0n) is 10.3. The Morgan fingerprint density at radius 3 is 2.55 bits per heavy atom. The Kier molecular flexibility index (Phi) is 5.36. The first-order chi connectivity index (χ1) is 9.26. The molecular weight excluding hydrogens is 277 g/mol. The highest BCUT2D eigenvalue weighted by Gasteiger charge is 2.27. The molecule has 1 rings (SSSR count). The molecule has 1 aromatic carbocycles. The molecule has 20 heavy (non-hydrogen) atoms. The van der Waals surface area contributed by atoms with Crippen LogP contribution in [0.5, 0.6) is 0 Å². The number of aryl methyl sites for hydroxylation is 1. The third-order valence-electron chi connectivity index (χ3n) is 2.26. The third kappa shape index (κ3) is 6.62. The Hall–Kier alpha value is -2.25. The van der Waals surface area contributed by atoms with Crippen molar-refractivity contribution in [1.29, 1.82) is 0 Å². The van der Waals surface area contributed by atoms with Crippen LogP contribution in [0.4, 0.5) is 23.7 Å². The zero-order chi connectivity index (χ0) is 15.2. The van der Waals surface area contributed by atoms with Gasteiger partial charge in [0.1, 0.15) is 6.54 Å². The Morgan fingerprint density at radius 2 is 1.95 bits per heavy atom. The van der Waals surface area contributed by atoms with Crippen LogP contribution in [0.1, 0.15) is 12.0 Å². The van der Waals surface area contributed by atoms with E-state index in [4.69, 9.17) is 5.11 Å². The monoisotopic (exact) mass is 290 g/mol. The van der Waals surface area contributed by atoms with Gasteiger partial charge in [-0.2, -0.15) is 13.2 Å². The van der Waals surface area contributed by atoms with Gasteiger partial charge in [0.25, 0.3) is 0 Å². The lowest BCUT2D eigenvalue weighted by Crippen LogP contribution is -2.36. The molecule has 0 aromatic heterocycles. The van der Waals surface area contributed by atoms with E-state index in [-0.39, 0.29) is 12.8 Å². The van der Waals surface area contributed by atoms with Crippen LogP contribution in [0.2, 0.25) is 0 Å². The third-order valence-corrected chi connectivity index (χ3v) is 2.26. The Bertz CT molecular complexity index is 489. The fourth-order valence-electron chi connectivity index (χ4n) is 1.41. The van der Waals surface area contributed by atoms with E-state index in [0.717, 1.165) is 0 Å². The molecule has 0 atom stereocenters. The molecule has 0 aliphatic carbocycles. The number of aliphatic carboxylic acids is 1. The molecule has 0 bridgehead atoms. The summed E-state index contributed by atoms with van der Waals surface area (Å²) in [6.07, 6.45) is -4.26. The van der Waals surface area contributed by atoms with E-state index in [1.165, 1.54) is 12.1 Å². The second kappa shape index (κ2) is 6.78. The lowest BCUT2D eigenvalue weighted by molar-refractivity contribution is -0.137. The van der Waals surface area contributed by atoms with Crippen molar-refractivity contribution in [2.75, 3.05) is 11.9 Å². The summed E-state index contributed by atoms with van der Waals surface area (Å²) in [5.74, 6) is -0.953. The largest absolute Gasteiger partial charge is 0.481 e. The van der Waals surface area contributed by atoms with Crippen molar-refractivity contribution in [3.63, 3.8) is 0 Å². The molecule has 0 fully saturated rings. The predicted octanol–water partition coefficient (Wildman–Crippen LogP) is 2.39. The van der Waals surface area contributed by atoms with E-state index in [9.17, 15) is 22.8 Å². The zero-order valence-corrected chi connectivity index (χ0v) is 10.3. The lowest BCUT2D eigenvalue weighted by Gasteiger charge is -2.10. The summed E-state index contributed by atoms with van der Waals surface area (Å²) < 4.78 is 35.7. The fraction of sp³-hybridized carbons (Fsp3) is 0.333. The molecule has 5 nitrogen and oxygen atoms in total. The summed E-state index contributed by atoms with van der Waals surface area (Å²) in [6.45, 7) is -1.42. The van der Waals surface area contributed by atoms with Crippen LogP contribution in [-0.2, 0) is 11.2 Å². The number of alkyl halides is 3. The number of benzene rings is 1. The van der Waals surface area contributed by atoms with Gasteiger partial charge < -0.3 is 15.7 Å². The van der Waals surface area contributed by atoms with Gasteiger partial charge >= 0.3 is 18.2 Å². The number of hydrogen-bond acceptors (Lipinski definition) is 2. The number of urea groups is 1. The van der Waals surface area contributed by atoms with Crippen LogP contribution in [0.25, 0.3) is 0 Å². The second-order valence-corrected chi connectivity index (χ2v) is 4.02. The average Bonchev–Trinajstić information content (AvgIpc) is 2.34. The van der Waals surface area contributed by atoms with Crippen LogP contribution in [0, 0.1) is 0 Å². The van der Waals surface area contributed by atoms with Crippen molar-refractivity contribution >= 4 is 17.7 Å². The van der Waals surface area contributed by atoms with Crippen molar-refractivity contribution in [1.82, 2.24) is 5.32 Å². The first-order valence-electron chi connectivity index (χ1n) is 5.68. The summed E-state index contributed by atoms with van der Waals surface area (Å²) >= 11 is 0. The number of anilines is 1. The number of nitrogens with one attached hydrogen (secondary N) is 2. The van der Waals surface area contributed by atoms with Gasteiger partial charge in [-0.25, -0.2) is 4.79 Å². The van der Waals surface area contributed by atoms with E-state index in [0.29, 0.717) is 11.3 Å². The number of carbonyl (C=O) groups is 2. The molecule has 110 valence electrons. The second-order valence-electron chi connectivity index (χ2n) is 4.02. The van der Waals surface area contributed by atoms with Gasteiger partial charge in [-0.15, -0.1) is 0 Å². The number of hydrogen-bond donors (Lipinski definition) is 3. The van der Waals surface area contributed by atoms with E-state index in [2.05, 4.69) is 5.32 Å². The summed E-state index contributed by atoms with van der Waals surface area (Å²) in [5, 5.41) is 12.5. The summed E-state index contributed by atoms with van der Waals surface area (Å²) in [6, 6.07) is 5.28. The van der Waals surface area contributed by atoms with E-state index in [1.807, 2.05) is 0 Å². The highest BCUT2D eigenvalue weighted by molar-refractivity contribution is 5.89. The summed E-state index contributed by atoms with van der Waals surface area (Å²) in [4.78, 5) is 21.6. The molecule has 3 N–H and O–H groups in total. The van der Waals surface area contributed by atoms with Crippen molar-refractivity contribution in [2.24, 2.45) is 0 Å². The number of carbonyl (C=O) groups excluding carboxylic acids is 1. The van der Waals surface area contributed by atoms with Crippen LogP contribution in [-0.4, -0.2) is 29.8 Å². The minimum atomic E-state index is -4.47. The molecule has 2 amide bonds. The predicted molar refractivity (Wildman–Crippen MR) is 65.5 cm³/mol. The van der Waals surface area contributed by atoms with E-state index in [1.54, 1.807) is 17.4 Å². The molecule has 0 spiro atoms. The quantitative estimate of drug-likeness (QED) is 0.779. The molecule has 0 saturated heterocycles. The highest BCUT2D eigenvalue weighted by Crippen LogP contribution is 2.14. The van der Waals surface area contributed by atoms with Crippen LogP contribution in [0.3, 0.4) is 0 Å². The van der Waals surface area contributed by atoms with Gasteiger partial charge in [0, 0.05) is 12.1 Å². The summed E-state index contributed by atoms with van der Waals surface area (Å²) in [5.41, 5.74) is 0.966. The minimum absolute atomic E-state index is 0.0658. The van der Waals surface area contributed by atoms with Gasteiger partial charge in [-0.1, -0.05) is 12.1 Å². The maximum Gasteiger partial charge on any atom is 0.405 e. The maximum absolute atomic E-state index is 11.9. The number of carboxylic acid groups (broad SMARTS) is 1. The SMILES string of the molecule is O=C(O)CCc1cccc(NC(=O)NCC(F)(F)F)c1. The normalized spacial score (nSPS) is 10.9. The molecule has 1 aromatic rings. The maximum atomic E-state index is 11.9. The standard InChI is InChI=1S/C12H13F3N2O3/c13-12(14,15)7-16-11(20)17-9-3-1-2-8(6-9)4-5-10(18)19/h1-3,6H,4-5,7H2,(H,18,19)(H2,16,17,20). The fourth-order valence-corrected chi connectivity index (χ4v) is 1.41. The van der Waals surface area contributed by atoms with Crippen molar-refractivity contribution in [3.05, 3.63) is 29.8 Å². The van der Waals surface area contributed by atoms with Crippen molar-refractivity contribution < 1.29 is 27.9 Å². The van der Waals surface area contributed by atoms with Crippen molar-refractivity contribution in [3.8, 4) is 0 Å². The Labute approximate surface area is 112 Å². The Morgan fingerprint density at radius 1 is 1.25 bits per heavy atom. The molecule has 0 unspecified atom stereocenters. The minimum Gasteiger partial charge on any atom is -0.481 e. The van der Waals surface area contributed by atoms with E-state index >= 15 is 0 Å². The first-order valence-corrected chi connectivity index (χ1v) is 5.68. The van der Waals surface area contributed by atoms with Crippen LogP contribution in [0.15, 0.2) is 24.3 Å². The first kappa shape index (κ1) is 15.8. The number of amides is 2. The van der Waals surface area contributed by atoms with Gasteiger partial charge in [0.05, 0.1) is 0 Å². The Balaban J connectivity index is 2.53. The van der Waals surface area contributed by atoms with Crippen molar-refractivity contribution in [2.45, 2.75) is 19.0 Å².